The molecule has 3 N–H and O–H groups in total. The fourth-order valence-electron chi connectivity index (χ4n) is 6.78. The second-order valence-corrected chi connectivity index (χ2v) is 13.9. The molecule has 0 saturated carbocycles. The zero-order valence-electron chi connectivity index (χ0n) is 29.2. The number of ether oxygens (including phenoxy) is 2. The molecule has 3 aromatic carbocycles. The minimum Gasteiger partial charge on any atom is -0.481 e. The van der Waals surface area contributed by atoms with Crippen molar-refractivity contribution < 1.29 is 24.5 Å². The molecule has 5 aromatic rings. The van der Waals surface area contributed by atoms with Crippen LogP contribution in [-0.4, -0.2) is 51.7 Å². The molecule has 10 nitrogen and oxygen atoms in total. The van der Waals surface area contributed by atoms with Crippen molar-refractivity contribution in [1.82, 2.24) is 15.3 Å². The Morgan fingerprint density at radius 1 is 1.04 bits per heavy atom. The Hall–Kier alpha value is -5.76. The zero-order chi connectivity index (χ0) is 37.0. The van der Waals surface area contributed by atoms with E-state index in [9.17, 15) is 20.3 Å². The van der Waals surface area contributed by atoms with Crippen molar-refractivity contribution in [3.05, 3.63) is 130 Å². The van der Waals surface area contributed by atoms with Crippen LogP contribution >= 0.6 is 11.6 Å². The summed E-state index contributed by atoms with van der Waals surface area (Å²) in [6.07, 6.45) is 4.82. The summed E-state index contributed by atoms with van der Waals surface area (Å²) in [5.74, 6) is 0.487. The minimum absolute atomic E-state index is 0.0915. The van der Waals surface area contributed by atoms with Gasteiger partial charge in [0.1, 0.15) is 24.6 Å². The number of halogens is 1. The number of hydrogen-bond donors (Lipinski definition) is 3. The number of rotatable bonds is 13. The van der Waals surface area contributed by atoms with Crippen LogP contribution in [0.4, 0.5) is 0 Å². The van der Waals surface area contributed by atoms with E-state index in [1.807, 2.05) is 24.3 Å². The molecule has 0 fully saturated rings. The first-order valence-electron chi connectivity index (χ1n) is 17.5. The number of aliphatic hydroxyl groups excluding tert-OH is 1. The summed E-state index contributed by atoms with van der Waals surface area (Å²) in [5.41, 5.74) is 7.73. The lowest BCUT2D eigenvalue weighted by molar-refractivity contribution is -0.150. The first-order chi connectivity index (χ1) is 25.8. The summed E-state index contributed by atoms with van der Waals surface area (Å²) in [5, 5.41) is 32.8. The molecule has 2 aromatic heterocycles. The molecule has 7 rings (SSSR count). The van der Waals surface area contributed by atoms with Crippen LogP contribution in [-0.2, 0) is 24.2 Å². The molecular weight excluding hydrogens is 690 g/mol. The Labute approximate surface area is 312 Å². The molecule has 0 saturated heterocycles. The van der Waals surface area contributed by atoms with Gasteiger partial charge in [0.2, 0.25) is 11.8 Å². The summed E-state index contributed by atoms with van der Waals surface area (Å²) in [6, 6.07) is 28.0. The van der Waals surface area contributed by atoms with Crippen LogP contribution in [0.1, 0.15) is 59.3 Å². The average molecular weight is 728 g/mol. The number of aliphatic hydroxyl groups is 1. The Kier molecular flexibility index (Phi) is 10.4. The van der Waals surface area contributed by atoms with Gasteiger partial charge in [-0.2, -0.15) is 10.2 Å². The van der Waals surface area contributed by atoms with Gasteiger partial charge >= 0.3 is 5.97 Å². The smallest absolute Gasteiger partial charge is 0.311 e. The van der Waals surface area contributed by atoms with Crippen molar-refractivity contribution in [3.63, 3.8) is 0 Å². The molecule has 2 aliphatic rings. The zero-order valence-corrected chi connectivity index (χ0v) is 29.9. The summed E-state index contributed by atoms with van der Waals surface area (Å²) in [6.45, 7) is 2.75. The fraction of sp³-hybridized carbons (Fsp3) is 0.262. The summed E-state index contributed by atoms with van der Waals surface area (Å²) in [7, 11) is 0. The third kappa shape index (κ3) is 7.58. The number of amidine groups is 1. The highest BCUT2D eigenvalue weighted by molar-refractivity contribution is 6.36. The SMILES string of the molecule is C[C@@](CO)(CCc1ccc(O[C@H]2CCc3c(-c4cccc(-c5ccc(C6=NCCN6)cc5)c4Cl)cccc32)nc1OCc1cncc(C#N)c1)C(=O)O. The van der Waals surface area contributed by atoms with Crippen molar-refractivity contribution in [2.75, 3.05) is 19.7 Å². The van der Waals surface area contributed by atoms with Crippen molar-refractivity contribution in [3.8, 4) is 40.1 Å². The summed E-state index contributed by atoms with van der Waals surface area (Å²) >= 11 is 7.16. The first-order valence-corrected chi connectivity index (χ1v) is 17.9. The largest absolute Gasteiger partial charge is 0.481 e. The van der Waals surface area contributed by atoms with Crippen LogP contribution < -0.4 is 14.8 Å². The number of nitrogens with zero attached hydrogens (tertiary/aromatic N) is 4. The van der Waals surface area contributed by atoms with E-state index < -0.39 is 18.0 Å². The first kappa shape index (κ1) is 35.6. The molecule has 0 unspecified atom stereocenters. The standard InChI is InChI=1S/C42H38ClN5O5/c1-42(25-49,41(50)51)17-16-30-12-15-37(48-40(30)52-24-27-20-26(21-44)22-45-23-27)53-36-14-13-33-32(5-3-6-34(33)36)35-7-2-4-31(38(35)43)28-8-10-29(11-9-28)39-46-18-19-47-39/h2-12,15,20,22-23,36,49H,13-14,16-19,24-25H2,1H3,(H,46,47)(H,50,51)/t36-,42-/m0/s1. The monoisotopic (exact) mass is 727 g/mol. The number of benzene rings is 3. The van der Waals surface area contributed by atoms with E-state index in [-0.39, 0.29) is 25.0 Å². The predicted molar refractivity (Wildman–Crippen MR) is 202 cm³/mol. The number of aromatic nitrogens is 2. The molecule has 1 aliphatic heterocycles. The van der Waals surface area contributed by atoms with Crippen LogP contribution in [0.25, 0.3) is 22.3 Å². The normalized spacial score (nSPS) is 15.8. The number of carboxylic acid groups (broad SMARTS) is 1. The second kappa shape index (κ2) is 15.5. The Bertz CT molecular complexity index is 2230. The topological polar surface area (TPSA) is 150 Å². The van der Waals surface area contributed by atoms with Crippen LogP contribution in [0.5, 0.6) is 11.8 Å². The van der Waals surface area contributed by atoms with Crippen molar-refractivity contribution in [2.24, 2.45) is 10.4 Å². The summed E-state index contributed by atoms with van der Waals surface area (Å²) < 4.78 is 12.7. The Balaban J connectivity index is 1.14. The van der Waals surface area contributed by atoms with Gasteiger partial charge in [-0.1, -0.05) is 72.3 Å². The van der Waals surface area contributed by atoms with Gasteiger partial charge in [0.05, 0.1) is 29.2 Å². The highest BCUT2D eigenvalue weighted by Gasteiger charge is 2.33. The number of fused-ring (bicyclic) bond motifs is 1. The maximum absolute atomic E-state index is 11.9. The highest BCUT2D eigenvalue weighted by atomic mass is 35.5. The fourth-order valence-corrected chi connectivity index (χ4v) is 7.11. The van der Waals surface area contributed by atoms with Gasteiger partial charge in [0.15, 0.2) is 0 Å². The van der Waals surface area contributed by atoms with Crippen molar-refractivity contribution >= 4 is 23.4 Å². The van der Waals surface area contributed by atoms with Gasteiger partial charge in [-0.05, 0) is 67.0 Å². The maximum atomic E-state index is 11.9. The van der Waals surface area contributed by atoms with Crippen molar-refractivity contribution in [1.29, 1.82) is 5.26 Å². The molecule has 0 amide bonds. The van der Waals surface area contributed by atoms with Crippen LogP contribution in [0, 0.1) is 16.7 Å². The lowest BCUT2D eigenvalue weighted by atomic mass is 9.85. The highest BCUT2D eigenvalue weighted by Crippen LogP contribution is 2.44. The molecule has 2 atom stereocenters. The van der Waals surface area contributed by atoms with E-state index >= 15 is 0 Å². The van der Waals surface area contributed by atoms with Gasteiger partial charge in [0, 0.05) is 52.8 Å². The number of pyridine rings is 2. The van der Waals surface area contributed by atoms with E-state index in [0.29, 0.717) is 34.0 Å². The van der Waals surface area contributed by atoms with E-state index in [1.165, 1.54) is 18.7 Å². The lowest BCUT2D eigenvalue weighted by Gasteiger charge is -2.22. The maximum Gasteiger partial charge on any atom is 0.311 e. The van der Waals surface area contributed by atoms with Crippen molar-refractivity contribution in [2.45, 2.75) is 45.3 Å². The average Bonchev–Trinajstić information content (AvgIpc) is 3.88. The van der Waals surface area contributed by atoms with E-state index in [0.717, 1.165) is 65.1 Å². The Morgan fingerprint density at radius 2 is 1.81 bits per heavy atom. The molecule has 1 aliphatic carbocycles. The molecule has 0 radical (unpaired) electrons. The molecule has 0 bridgehead atoms. The number of aliphatic carboxylic acids is 1. The Morgan fingerprint density at radius 3 is 2.57 bits per heavy atom. The van der Waals surface area contributed by atoms with Gasteiger partial charge in [-0.15, -0.1) is 0 Å². The third-order valence-electron chi connectivity index (χ3n) is 9.94. The molecular formula is C42H38ClN5O5. The van der Waals surface area contributed by atoms with E-state index in [4.69, 9.17) is 26.1 Å². The molecule has 0 spiro atoms. The van der Waals surface area contributed by atoms with Gasteiger partial charge < -0.3 is 25.0 Å². The summed E-state index contributed by atoms with van der Waals surface area (Å²) in [4.78, 5) is 25.2. The number of carboxylic acids is 1. The van der Waals surface area contributed by atoms with Gasteiger partial charge in [-0.3, -0.25) is 14.8 Å². The third-order valence-corrected chi connectivity index (χ3v) is 10.3. The van der Waals surface area contributed by atoms with Crippen LogP contribution in [0.15, 0.2) is 96.2 Å². The number of carbonyl (C=O) groups is 1. The molecule has 53 heavy (non-hydrogen) atoms. The second-order valence-electron chi connectivity index (χ2n) is 13.5. The number of nitriles is 1. The molecule has 268 valence electrons. The number of hydrogen-bond acceptors (Lipinski definition) is 9. The van der Waals surface area contributed by atoms with E-state index in [1.54, 1.807) is 18.3 Å². The number of nitrogens with one attached hydrogen (secondary N) is 1. The van der Waals surface area contributed by atoms with Gasteiger partial charge in [-0.25, -0.2) is 0 Å². The predicted octanol–water partition coefficient (Wildman–Crippen LogP) is 7.35. The lowest BCUT2D eigenvalue weighted by Crippen LogP contribution is -2.32. The van der Waals surface area contributed by atoms with Crippen LogP contribution in [0.3, 0.4) is 0 Å². The number of aliphatic imine (C=N–C) groups is 1. The number of aryl methyl sites for hydroxylation is 1. The minimum atomic E-state index is -1.32. The molecule has 3 heterocycles. The van der Waals surface area contributed by atoms with Crippen LogP contribution in [0.2, 0.25) is 5.02 Å². The molecule has 11 heteroatoms. The van der Waals surface area contributed by atoms with Gasteiger partial charge in [0.25, 0.3) is 0 Å². The quantitative estimate of drug-likeness (QED) is 0.113. The van der Waals surface area contributed by atoms with E-state index in [2.05, 4.69) is 63.8 Å².